The van der Waals surface area contributed by atoms with E-state index >= 15 is 0 Å². The van der Waals surface area contributed by atoms with Gasteiger partial charge in [-0.3, -0.25) is 4.79 Å². The second-order valence-corrected chi connectivity index (χ2v) is 5.06. The molecule has 3 N–H and O–H groups in total. The first kappa shape index (κ1) is 9.59. The van der Waals surface area contributed by atoms with E-state index in [4.69, 9.17) is 5.73 Å². The number of carbonyl (C=O) groups excluding carboxylic acids is 1. The number of nitrogen functional groups attached to an aromatic ring is 1. The zero-order chi connectivity index (χ0) is 11.1. The molecule has 0 radical (unpaired) electrons. The second-order valence-electron chi connectivity index (χ2n) is 4.00. The molecule has 0 saturated heterocycles. The average molecular weight is 233 g/mol. The Morgan fingerprint density at radius 1 is 1.50 bits per heavy atom. The van der Waals surface area contributed by atoms with Crippen LogP contribution in [-0.4, -0.2) is 10.9 Å². The summed E-state index contributed by atoms with van der Waals surface area (Å²) in [7, 11) is 0. The van der Waals surface area contributed by atoms with Crippen LogP contribution in [0.25, 0.3) is 10.2 Å². The lowest BCUT2D eigenvalue weighted by Gasteiger charge is -2.03. The van der Waals surface area contributed by atoms with Gasteiger partial charge in [-0.15, -0.1) is 0 Å². The fourth-order valence-corrected chi connectivity index (χ4v) is 2.38. The van der Waals surface area contributed by atoms with Gasteiger partial charge in [0, 0.05) is 11.6 Å². The smallest absolute Gasteiger partial charge is 0.227 e. The van der Waals surface area contributed by atoms with Gasteiger partial charge in [0.1, 0.15) is 0 Å². The van der Waals surface area contributed by atoms with Crippen LogP contribution in [0, 0.1) is 5.92 Å². The van der Waals surface area contributed by atoms with Crippen LogP contribution < -0.4 is 11.1 Å². The van der Waals surface area contributed by atoms with Crippen LogP contribution in [0.2, 0.25) is 0 Å². The topological polar surface area (TPSA) is 68.0 Å². The second kappa shape index (κ2) is 3.45. The molecule has 16 heavy (non-hydrogen) atoms. The maximum atomic E-state index is 11.6. The third kappa shape index (κ3) is 1.74. The van der Waals surface area contributed by atoms with Crippen LogP contribution in [0.15, 0.2) is 18.2 Å². The van der Waals surface area contributed by atoms with Crippen molar-refractivity contribution >= 4 is 38.3 Å². The van der Waals surface area contributed by atoms with Crippen LogP contribution in [0.5, 0.6) is 0 Å². The van der Waals surface area contributed by atoms with E-state index in [9.17, 15) is 4.79 Å². The Balaban J connectivity index is 1.88. The standard InChI is InChI=1S/C11H11N3OS/c12-11-14-8-4-3-7(5-9(8)16-11)13-10(15)6-1-2-6/h3-6H,1-2H2,(H2,12,14)(H,13,15). The molecular formula is C11H11N3OS. The summed E-state index contributed by atoms with van der Waals surface area (Å²) in [5.74, 6) is 0.346. The number of aromatic nitrogens is 1. The molecule has 0 bridgehead atoms. The van der Waals surface area contributed by atoms with Gasteiger partial charge in [-0.1, -0.05) is 11.3 Å². The molecule has 1 amide bonds. The van der Waals surface area contributed by atoms with Crippen molar-refractivity contribution in [3.05, 3.63) is 18.2 Å². The Labute approximate surface area is 96.5 Å². The van der Waals surface area contributed by atoms with Gasteiger partial charge >= 0.3 is 0 Å². The summed E-state index contributed by atoms with van der Waals surface area (Å²) in [6.07, 6.45) is 2.03. The fourth-order valence-electron chi connectivity index (χ4n) is 1.61. The van der Waals surface area contributed by atoms with Gasteiger partial charge in [0.2, 0.25) is 5.91 Å². The summed E-state index contributed by atoms with van der Waals surface area (Å²) >= 11 is 1.43. The molecule has 82 valence electrons. The number of benzene rings is 1. The third-order valence-corrected chi connectivity index (χ3v) is 3.47. The first-order valence-corrected chi connectivity index (χ1v) is 6.01. The molecule has 1 aliphatic rings. The van der Waals surface area contributed by atoms with Gasteiger partial charge in [-0.05, 0) is 31.0 Å². The number of thiazole rings is 1. The van der Waals surface area contributed by atoms with Crippen LogP contribution in [-0.2, 0) is 4.79 Å². The van der Waals surface area contributed by atoms with Crippen molar-refractivity contribution in [1.82, 2.24) is 4.98 Å². The molecule has 0 aliphatic heterocycles. The monoisotopic (exact) mass is 233 g/mol. The lowest BCUT2D eigenvalue weighted by Crippen LogP contribution is -2.12. The maximum Gasteiger partial charge on any atom is 0.227 e. The molecule has 1 aromatic heterocycles. The number of nitrogens with two attached hydrogens (primary N) is 1. The number of nitrogens with one attached hydrogen (secondary N) is 1. The highest BCUT2D eigenvalue weighted by atomic mass is 32.1. The maximum absolute atomic E-state index is 11.6. The molecule has 4 nitrogen and oxygen atoms in total. The van der Waals surface area contributed by atoms with Crippen molar-refractivity contribution < 1.29 is 4.79 Å². The van der Waals surface area contributed by atoms with Gasteiger partial charge in [-0.2, -0.15) is 0 Å². The van der Waals surface area contributed by atoms with Gasteiger partial charge < -0.3 is 11.1 Å². The Morgan fingerprint density at radius 3 is 3.06 bits per heavy atom. The minimum atomic E-state index is 0.122. The van der Waals surface area contributed by atoms with E-state index in [2.05, 4.69) is 10.3 Å². The van der Waals surface area contributed by atoms with Crippen LogP contribution >= 0.6 is 11.3 Å². The lowest BCUT2D eigenvalue weighted by atomic mass is 10.3. The quantitative estimate of drug-likeness (QED) is 0.835. The van der Waals surface area contributed by atoms with Crippen molar-refractivity contribution in [2.24, 2.45) is 5.92 Å². The zero-order valence-electron chi connectivity index (χ0n) is 8.56. The zero-order valence-corrected chi connectivity index (χ0v) is 9.38. The van der Waals surface area contributed by atoms with Crippen LogP contribution in [0.3, 0.4) is 0 Å². The summed E-state index contributed by atoms with van der Waals surface area (Å²) in [6.45, 7) is 0. The van der Waals surface area contributed by atoms with Crippen LogP contribution in [0.4, 0.5) is 10.8 Å². The number of carbonyl (C=O) groups is 1. The Morgan fingerprint density at radius 2 is 2.31 bits per heavy atom. The highest BCUT2D eigenvalue weighted by Gasteiger charge is 2.29. The summed E-state index contributed by atoms with van der Waals surface area (Å²) in [6, 6.07) is 5.66. The van der Waals surface area contributed by atoms with E-state index in [-0.39, 0.29) is 11.8 Å². The number of rotatable bonds is 2. The molecule has 1 aliphatic carbocycles. The van der Waals surface area contributed by atoms with E-state index in [0.717, 1.165) is 28.7 Å². The predicted octanol–water partition coefficient (Wildman–Crippen LogP) is 2.23. The summed E-state index contributed by atoms with van der Waals surface area (Å²) in [5, 5.41) is 3.46. The molecular weight excluding hydrogens is 222 g/mol. The molecule has 1 saturated carbocycles. The Kier molecular flexibility index (Phi) is 2.07. The molecule has 2 aromatic rings. The molecule has 5 heteroatoms. The predicted molar refractivity (Wildman–Crippen MR) is 65.4 cm³/mol. The average Bonchev–Trinajstić information content (AvgIpc) is 3.01. The van der Waals surface area contributed by atoms with Gasteiger partial charge in [0.25, 0.3) is 0 Å². The molecule has 3 rings (SSSR count). The number of amides is 1. The van der Waals surface area contributed by atoms with Crippen molar-refractivity contribution in [2.75, 3.05) is 11.1 Å². The Hall–Kier alpha value is -1.62. The minimum Gasteiger partial charge on any atom is -0.375 e. The molecule has 1 aromatic carbocycles. The molecule has 0 unspecified atom stereocenters. The number of hydrogen-bond donors (Lipinski definition) is 2. The number of anilines is 2. The lowest BCUT2D eigenvalue weighted by molar-refractivity contribution is -0.117. The molecule has 0 atom stereocenters. The highest BCUT2D eigenvalue weighted by molar-refractivity contribution is 7.22. The van der Waals surface area contributed by atoms with Crippen molar-refractivity contribution in [3.63, 3.8) is 0 Å². The first-order valence-electron chi connectivity index (χ1n) is 5.19. The van der Waals surface area contributed by atoms with E-state index < -0.39 is 0 Å². The number of fused-ring (bicyclic) bond motifs is 1. The summed E-state index contributed by atoms with van der Waals surface area (Å²) in [5.41, 5.74) is 7.33. The Bertz CT molecular complexity index is 559. The molecule has 1 heterocycles. The normalized spacial score (nSPS) is 15.2. The number of hydrogen-bond acceptors (Lipinski definition) is 4. The molecule has 0 spiro atoms. The van der Waals surface area contributed by atoms with Crippen LogP contribution in [0.1, 0.15) is 12.8 Å². The minimum absolute atomic E-state index is 0.122. The van der Waals surface area contributed by atoms with Gasteiger partial charge in [0.05, 0.1) is 10.2 Å². The van der Waals surface area contributed by atoms with E-state index in [0.29, 0.717) is 5.13 Å². The van der Waals surface area contributed by atoms with Gasteiger partial charge in [-0.25, -0.2) is 4.98 Å². The largest absolute Gasteiger partial charge is 0.375 e. The van der Waals surface area contributed by atoms with E-state index in [1.54, 1.807) is 0 Å². The van der Waals surface area contributed by atoms with Gasteiger partial charge in [0.15, 0.2) is 5.13 Å². The summed E-state index contributed by atoms with van der Waals surface area (Å²) in [4.78, 5) is 15.7. The number of nitrogens with zero attached hydrogens (tertiary/aromatic N) is 1. The SMILES string of the molecule is Nc1nc2ccc(NC(=O)C3CC3)cc2s1. The van der Waals surface area contributed by atoms with E-state index in [1.807, 2.05) is 18.2 Å². The fraction of sp³-hybridized carbons (Fsp3) is 0.273. The van der Waals surface area contributed by atoms with E-state index in [1.165, 1.54) is 11.3 Å². The first-order chi connectivity index (χ1) is 7.72. The van der Waals surface area contributed by atoms with Crippen molar-refractivity contribution in [1.29, 1.82) is 0 Å². The third-order valence-electron chi connectivity index (χ3n) is 2.62. The van der Waals surface area contributed by atoms with Crippen molar-refractivity contribution in [2.45, 2.75) is 12.8 Å². The van der Waals surface area contributed by atoms with Crippen molar-refractivity contribution in [3.8, 4) is 0 Å². The highest BCUT2D eigenvalue weighted by Crippen LogP contribution is 2.31. The molecule has 1 fully saturated rings. The summed E-state index contributed by atoms with van der Waals surface area (Å²) < 4.78 is 1.01.